The Balaban J connectivity index is 1.33. The molecule has 2 aromatic carbocycles. The molecule has 30 heavy (non-hydrogen) atoms. The fourth-order valence-electron chi connectivity index (χ4n) is 3.44. The number of hydrogen-bond acceptors (Lipinski definition) is 4. The molecular weight excluding hydrogens is 416 g/mol. The number of thioether (sulfide) groups is 1. The van der Waals surface area contributed by atoms with Crippen molar-refractivity contribution in [3.63, 3.8) is 0 Å². The molecule has 0 unspecified atom stereocenters. The van der Waals surface area contributed by atoms with Crippen LogP contribution in [-0.4, -0.2) is 22.7 Å². The number of carbonyl (C=O) groups is 2. The summed E-state index contributed by atoms with van der Waals surface area (Å²) < 4.78 is 1.04. The maximum absolute atomic E-state index is 12.6. The standard InChI is InChI=1S/C22H18N4O2S2/c27-20-13-29-21-18(26(20)12-14-6-2-1-3-7-14)10-19(30-21)25-22(28)24-17-11-23-16-9-5-4-8-15(16)17/h1-11,23H,12-13H2,(H2,24,25,28). The van der Waals surface area contributed by atoms with Gasteiger partial charge in [-0.2, -0.15) is 0 Å². The third-order valence-electron chi connectivity index (χ3n) is 4.86. The summed E-state index contributed by atoms with van der Waals surface area (Å²) in [4.78, 5) is 30.0. The normalized spacial score (nSPS) is 13.3. The highest BCUT2D eigenvalue weighted by atomic mass is 32.2. The molecule has 3 heterocycles. The summed E-state index contributed by atoms with van der Waals surface area (Å²) >= 11 is 3.00. The molecule has 1 aliphatic rings. The van der Waals surface area contributed by atoms with Gasteiger partial charge in [-0.05, 0) is 17.7 Å². The van der Waals surface area contributed by atoms with Crippen LogP contribution in [0.4, 0.5) is 21.2 Å². The zero-order chi connectivity index (χ0) is 20.5. The number of aromatic nitrogens is 1. The number of nitrogens with one attached hydrogen (secondary N) is 3. The Bertz CT molecular complexity index is 1230. The van der Waals surface area contributed by atoms with Gasteiger partial charge in [-0.1, -0.05) is 48.5 Å². The fourth-order valence-corrected chi connectivity index (χ4v) is 5.63. The Labute approximate surface area is 181 Å². The number of rotatable bonds is 4. The smallest absolute Gasteiger partial charge is 0.324 e. The molecule has 0 aliphatic carbocycles. The summed E-state index contributed by atoms with van der Waals surface area (Å²) in [6, 6.07) is 19.3. The molecule has 0 radical (unpaired) electrons. The van der Waals surface area contributed by atoms with Crippen molar-refractivity contribution in [2.75, 3.05) is 21.3 Å². The maximum atomic E-state index is 12.6. The Kier molecular flexibility index (Phi) is 4.94. The van der Waals surface area contributed by atoms with Crippen molar-refractivity contribution >= 4 is 62.3 Å². The molecule has 0 saturated carbocycles. The molecule has 8 heteroatoms. The van der Waals surface area contributed by atoms with Gasteiger partial charge in [0.25, 0.3) is 0 Å². The van der Waals surface area contributed by atoms with Crippen LogP contribution in [-0.2, 0) is 11.3 Å². The average molecular weight is 435 g/mol. The lowest BCUT2D eigenvalue weighted by Crippen LogP contribution is -2.34. The van der Waals surface area contributed by atoms with Crippen molar-refractivity contribution < 1.29 is 9.59 Å². The number of thiophene rings is 1. The maximum Gasteiger partial charge on any atom is 0.324 e. The summed E-state index contributed by atoms with van der Waals surface area (Å²) in [5, 5.41) is 7.45. The summed E-state index contributed by atoms with van der Waals surface area (Å²) in [5.74, 6) is 0.477. The molecule has 1 aliphatic heterocycles. The van der Waals surface area contributed by atoms with Crippen LogP contribution in [0.5, 0.6) is 0 Å². The van der Waals surface area contributed by atoms with E-state index in [0.29, 0.717) is 17.3 Å². The minimum absolute atomic E-state index is 0.0731. The predicted octanol–water partition coefficient (Wildman–Crippen LogP) is 5.51. The van der Waals surface area contributed by atoms with Crippen LogP contribution in [0, 0.1) is 0 Å². The van der Waals surface area contributed by atoms with Crippen LogP contribution in [0.25, 0.3) is 10.9 Å². The first-order valence-electron chi connectivity index (χ1n) is 9.42. The van der Waals surface area contributed by atoms with E-state index in [2.05, 4.69) is 15.6 Å². The Morgan fingerprint density at radius 1 is 1.07 bits per heavy atom. The predicted molar refractivity (Wildman–Crippen MR) is 124 cm³/mol. The zero-order valence-corrected chi connectivity index (χ0v) is 17.5. The number of amides is 3. The Morgan fingerprint density at radius 3 is 2.73 bits per heavy atom. The highest BCUT2D eigenvalue weighted by molar-refractivity contribution is 8.02. The number of urea groups is 1. The van der Waals surface area contributed by atoms with Crippen molar-refractivity contribution in [1.29, 1.82) is 0 Å². The molecule has 0 spiro atoms. The topological polar surface area (TPSA) is 77.2 Å². The lowest BCUT2D eigenvalue weighted by Gasteiger charge is -2.26. The minimum atomic E-state index is -0.315. The molecule has 0 fully saturated rings. The lowest BCUT2D eigenvalue weighted by atomic mass is 10.2. The third kappa shape index (κ3) is 3.67. The van der Waals surface area contributed by atoms with Crippen LogP contribution in [0.2, 0.25) is 0 Å². The van der Waals surface area contributed by atoms with Crippen molar-refractivity contribution in [3.05, 3.63) is 72.4 Å². The molecule has 2 aromatic heterocycles. The number of aromatic amines is 1. The highest BCUT2D eigenvalue weighted by Crippen LogP contribution is 2.44. The second kappa shape index (κ2) is 7.89. The fraction of sp³-hybridized carbons (Fsp3) is 0.0909. The van der Waals surface area contributed by atoms with Crippen LogP contribution in [0.3, 0.4) is 0 Å². The number of nitrogens with zero attached hydrogens (tertiary/aromatic N) is 1. The van der Waals surface area contributed by atoms with E-state index in [-0.39, 0.29) is 11.9 Å². The first-order valence-corrected chi connectivity index (χ1v) is 11.2. The van der Waals surface area contributed by atoms with Crippen LogP contribution < -0.4 is 15.5 Å². The van der Waals surface area contributed by atoms with E-state index in [4.69, 9.17) is 0 Å². The van der Waals surface area contributed by atoms with E-state index >= 15 is 0 Å². The lowest BCUT2D eigenvalue weighted by molar-refractivity contribution is -0.116. The van der Waals surface area contributed by atoms with E-state index < -0.39 is 0 Å². The van der Waals surface area contributed by atoms with Gasteiger partial charge in [-0.3, -0.25) is 10.1 Å². The van der Waals surface area contributed by atoms with Gasteiger partial charge < -0.3 is 15.2 Å². The van der Waals surface area contributed by atoms with Crippen molar-refractivity contribution in [1.82, 2.24) is 4.98 Å². The van der Waals surface area contributed by atoms with Crippen LogP contribution in [0.1, 0.15) is 5.56 Å². The second-order valence-electron chi connectivity index (χ2n) is 6.86. The molecule has 0 bridgehead atoms. The van der Waals surface area contributed by atoms with Gasteiger partial charge in [0, 0.05) is 17.1 Å². The van der Waals surface area contributed by atoms with Gasteiger partial charge in [-0.25, -0.2) is 4.79 Å². The number of anilines is 3. The molecule has 4 aromatic rings. The van der Waals surface area contributed by atoms with E-state index in [1.807, 2.05) is 60.7 Å². The zero-order valence-electron chi connectivity index (χ0n) is 15.8. The number of benzene rings is 2. The molecule has 0 atom stereocenters. The van der Waals surface area contributed by atoms with Gasteiger partial charge in [-0.15, -0.1) is 23.1 Å². The molecule has 0 saturated heterocycles. The van der Waals surface area contributed by atoms with Crippen molar-refractivity contribution in [2.45, 2.75) is 10.8 Å². The Morgan fingerprint density at radius 2 is 1.87 bits per heavy atom. The van der Waals surface area contributed by atoms with Gasteiger partial charge in [0.2, 0.25) is 5.91 Å². The average Bonchev–Trinajstić information content (AvgIpc) is 3.35. The van der Waals surface area contributed by atoms with Gasteiger partial charge in [0.15, 0.2) is 0 Å². The number of H-pyrrole nitrogens is 1. The Hall–Kier alpha value is -3.23. The molecule has 3 N–H and O–H groups in total. The summed E-state index contributed by atoms with van der Waals surface area (Å²) in [7, 11) is 0. The minimum Gasteiger partial charge on any atom is -0.359 e. The first kappa shape index (κ1) is 18.8. The monoisotopic (exact) mass is 434 g/mol. The molecule has 3 amide bonds. The largest absolute Gasteiger partial charge is 0.359 e. The first-order chi connectivity index (χ1) is 14.7. The number of fused-ring (bicyclic) bond motifs is 2. The van der Waals surface area contributed by atoms with Crippen LogP contribution in [0.15, 0.2) is 71.1 Å². The highest BCUT2D eigenvalue weighted by Gasteiger charge is 2.27. The molecule has 6 nitrogen and oxygen atoms in total. The SMILES string of the molecule is O=C(Nc1cc2c(s1)SCC(=O)N2Cc1ccccc1)Nc1c[nH]c2ccccc12. The second-order valence-corrected chi connectivity index (χ2v) is 9.16. The number of hydrogen-bond donors (Lipinski definition) is 3. The van der Waals surface area contributed by atoms with E-state index in [0.717, 1.165) is 32.1 Å². The van der Waals surface area contributed by atoms with Crippen molar-refractivity contribution in [2.24, 2.45) is 0 Å². The van der Waals surface area contributed by atoms with Gasteiger partial charge >= 0.3 is 6.03 Å². The van der Waals surface area contributed by atoms with E-state index in [1.54, 1.807) is 11.1 Å². The van der Waals surface area contributed by atoms with Gasteiger partial charge in [0.1, 0.15) is 0 Å². The van der Waals surface area contributed by atoms with Crippen LogP contribution >= 0.6 is 23.1 Å². The quantitative estimate of drug-likeness (QED) is 0.396. The van der Waals surface area contributed by atoms with Gasteiger partial charge in [0.05, 0.1) is 32.9 Å². The number of para-hydroxylation sites is 1. The number of carbonyl (C=O) groups excluding carboxylic acids is 2. The van der Waals surface area contributed by atoms with E-state index in [1.165, 1.54) is 23.1 Å². The molecular formula is C22H18N4O2S2. The summed E-state index contributed by atoms with van der Waals surface area (Å²) in [6.07, 6.45) is 1.78. The summed E-state index contributed by atoms with van der Waals surface area (Å²) in [6.45, 7) is 0.519. The third-order valence-corrected chi connectivity index (χ3v) is 7.16. The molecule has 150 valence electrons. The molecule has 5 rings (SSSR count). The van der Waals surface area contributed by atoms with E-state index in [9.17, 15) is 9.59 Å². The summed E-state index contributed by atoms with van der Waals surface area (Å²) in [5.41, 5.74) is 3.61. The van der Waals surface area contributed by atoms with Crippen molar-refractivity contribution in [3.8, 4) is 0 Å².